The molecule has 1 N–H and O–H groups in total. The molecule has 3 rings (SSSR count). The second kappa shape index (κ2) is 7.82. The lowest BCUT2D eigenvalue weighted by molar-refractivity contribution is -0.120. The normalized spacial score (nSPS) is 10.9. The quantitative estimate of drug-likeness (QED) is 0.400. The van der Waals surface area contributed by atoms with Gasteiger partial charge in [-0.05, 0) is 23.8 Å². The topological polar surface area (TPSA) is 46.4 Å². The molecule has 124 valence electrons. The lowest BCUT2D eigenvalue weighted by Gasteiger charge is -2.00. The lowest BCUT2D eigenvalue weighted by Crippen LogP contribution is -2.19. The molecule has 1 heterocycles. The SMILES string of the molecule is C#CCn1cc(/C=N/NC(=O)Cc2ccc(Br)cc2)c2ccccc21. The molecule has 4 nitrogen and oxygen atoms in total. The molecule has 0 spiro atoms. The van der Waals surface area contributed by atoms with Crippen molar-refractivity contribution in [1.29, 1.82) is 0 Å². The van der Waals surface area contributed by atoms with E-state index in [4.69, 9.17) is 6.42 Å². The van der Waals surface area contributed by atoms with Gasteiger partial charge in [-0.1, -0.05) is 52.2 Å². The van der Waals surface area contributed by atoms with Crippen LogP contribution in [0.1, 0.15) is 11.1 Å². The Bertz CT molecular complexity index is 965. The molecule has 1 aromatic heterocycles. The number of benzene rings is 2. The van der Waals surface area contributed by atoms with Crippen LogP contribution in [0.3, 0.4) is 0 Å². The minimum atomic E-state index is -0.161. The summed E-state index contributed by atoms with van der Waals surface area (Å²) in [5.41, 5.74) is 5.46. The number of hydrogen-bond donors (Lipinski definition) is 1. The number of fused-ring (bicyclic) bond motifs is 1. The van der Waals surface area contributed by atoms with E-state index >= 15 is 0 Å². The third-order valence-corrected chi connectivity index (χ3v) is 4.28. The predicted octanol–water partition coefficient (Wildman–Crippen LogP) is 3.73. The van der Waals surface area contributed by atoms with Crippen molar-refractivity contribution in [3.8, 4) is 12.3 Å². The first-order valence-electron chi connectivity index (χ1n) is 7.75. The molecule has 0 fully saturated rings. The van der Waals surface area contributed by atoms with E-state index in [1.165, 1.54) is 0 Å². The number of terminal acetylenes is 1. The average Bonchev–Trinajstić information content (AvgIpc) is 2.96. The summed E-state index contributed by atoms with van der Waals surface area (Å²) in [6.07, 6.45) is 9.29. The van der Waals surface area contributed by atoms with Gasteiger partial charge in [-0.3, -0.25) is 4.79 Å². The van der Waals surface area contributed by atoms with Crippen LogP contribution < -0.4 is 5.43 Å². The second-order valence-electron chi connectivity index (χ2n) is 5.53. The summed E-state index contributed by atoms with van der Waals surface area (Å²) in [6, 6.07) is 15.6. The molecule has 5 heteroatoms. The van der Waals surface area contributed by atoms with E-state index in [1.54, 1.807) is 6.21 Å². The maximum atomic E-state index is 12.0. The van der Waals surface area contributed by atoms with Gasteiger partial charge in [0.25, 0.3) is 0 Å². The first-order valence-corrected chi connectivity index (χ1v) is 8.54. The second-order valence-corrected chi connectivity index (χ2v) is 6.45. The summed E-state index contributed by atoms with van der Waals surface area (Å²) >= 11 is 3.37. The van der Waals surface area contributed by atoms with Crippen molar-refractivity contribution in [3.05, 3.63) is 70.3 Å². The number of nitrogens with one attached hydrogen (secondary N) is 1. The van der Waals surface area contributed by atoms with Gasteiger partial charge in [0, 0.05) is 27.1 Å². The number of halogens is 1. The van der Waals surface area contributed by atoms with E-state index in [2.05, 4.69) is 32.4 Å². The van der Waals surface area contributed by atoms with Crippen molar-refractivity contribution in [2.24, 2.45) is 5.10 Å². The Morgan fingerprint density at radius 1 is 1.24 bits per heavy atom. The van der Waals surface area contributed by atoms with Gasteiger partial charge < -0.3 is 4.57 Å². The van der Waals surface area contributed by atoms with Crippen LogP contribution in [0.4, 0.5) is 0 Å². The molecule has 0 bridgehead atoms. The Morgan fingerprint density at radius 2 is 2.00 bits per heavy atom. The number of rotatable bonds is 5. The Morgan fingerprint density at radius 3 is 2.76 bits per heavy atom. The van der Waals surface area contributed by atoms with Gasteiger partial charge in [0.15, 0.2) is 0 Å². The van der Waals surface area contributed by atoms with Gasteiger partial charge in [0.05, 0.1) is 19.2 Å². The largest absolute Gasteiger partial charge is 0.335 e. The highest BCUT2D eigenvalue weighted by atomic mass is 79.9. The standard InChI is InChI=1S/C20H16BrN3O/c1-2-11-24-14-16(18-5-3-4-6-19(18)24)13-22-23-20(25)12-15-7-9-17(21)10-8-15/h1,3-10,13-14H,11-12H2,(H,23,25)/b22-13+. The van der Waals surface area contributed by atoms with Gasteiger partial charge in [-0.2, -0.15) is 5.10 Å². The molecular formula is C20H16BrN3O. The molecule has 1 amide bonds. The molecule has 3 aromatic rings. The zero-order valence-electron chi connectivity index (χ0n) is 13.4. The number of hydrogen-bond acceptors (Lipinski definition) is 2. The minimum absolute atomic E-state index is 0.161. The fourth-order valence-electron chi connectivity index (χ4n) is 2.61. The number of para-hydroxylation sites is 1. The molecule has 0 aliphatic heterocycles. The Hall–Kier alpha value is -2.84. The van der Waals surface area contributed by atoms with Gasteiger partial charge in [0.2, 0.25) is 5.91 Å². The predicted molar refractivity (Wildman–Crippen MR) is 104 cm³/mol. The van der Waals surface area contributed by atoms with Crippen LogP contribution >= 0.6 is 15.9 Å². The molecule has 0 saturated heterocycles. The van der Waals surface area contributed by atoms with Gasteiger partial charge in [-0.25, -0.2) is 5.43 Å². The van der Waals surface area contributed by atoms with Gasteiger partial charge in [0.1, 0.15) is 0 Å². The molecule has 25 heavy (non-hydrogen) atoms. The molecule has 0 radical (unpaired) electrons. The van der Waals surface area contributed by atoms with Crippen molar-refractivity contribution in [1.82, 2.24) is 9.99 Å². The smallest absolute Gasteiger partial charge is 0.244 e. The maximum absolute atomic E-state index is 12.0. The first kappa shape index (κ1) is 17.0. The third kappa shape index (κ3) is 4.17. The molecule has 0 aliphatic carbocycles. The summed E-state index contributed by atoms with van der Waals surface area (Å²) < 4.78 is 2.97. The lowest BCUT2D eigenvalue weighted by atomic mass is 10.1. The van der Waals surface area contributed by atoms with Gasteiger partial charge >= 0.3 is 0 Å². The monoisotopic (exact) mass is 393 g/mol. The van der Waals surface area contributed by atoms with Crippen LogP contribution in [0, 0.1) is 12.3 Å². The maximum Gasteiger partial charge on any atom is 0.244 e. The summed E-state index contributed by atoms with van der Waals surface area (Å²) in [5, 5.41) is 5.13. The zero-order valence-corrected chi connectivity index (χ0v) is 15.0. The van der Waals surface area contributed by atoms with Crippen molar-refractivity contribution in [3.63, 3.8) is 0 Å². The highest BCUT2D eigenvalue weighted by Crippen LogP contribution is 2.19. The van der Waals surface area contributed by atoms with Crippen LogP contribution in [0.25, 0.3) is 10.9 Å². The van der Waals surface area contributed by atoms with E-state index in [0.29, 0.717) is 6.54 Å². The van der Waals surface area contributed by atoms with Crippen LogP contribution in [0.15, 0.2) is 64.3 Å². The number of aromatic nitrogens is 1. The number of carbonyl (C=O) groups is 1. The van der Waals surface area contributed by atoms with Gasteiger partial charge in [-0.15, -0.1) is 6.42 Å². The highest BCUT2D eigenvalue weighted by molar-refractivity contribution is 9.10. The molecule has 2 aromatic carbocycles. The zero-order chi connectivity index (χ0) is 17.6. The minimum Gasteiger partial charge on any atom is -0.335 e. The van der Waals surface area contributed by atoms with E-state index in [1.807, 2.05) is 59.3 Å². The van der Waals surface area contributed by atoms with Crippen LogP contribution in [0.5, 0.6) is 0 Å². The number of carbonyl (C=O) groups excluding carboxylic acids is 1. The van der Waals surface area contributed by atoms with Crippen molar-refractivity contribution in [2.75, 3.05) is 0 Å². The number of hydrazone groups is 1. The summed E-state index contributed by atoms with van der Waals surface area (Å²) in [5.74, 6) is 2.48. The summed E-state index contributed by atoms with van der Waals surface area (Å²) in [4.78, 5) is 12.0. The molecule has 0 atom stereocenters. The number of amides is 1. The van der Waals surface area contributed by atoms with Crippen molar-refractivity contribution in [2.45, 2.75) is 13.0 Å². The van der Waals surface area contributed by atoms with E-state index in [-0.39, 0.29) is 12.3 Å². The summed E-state index contributed by atoms with van der Waals surface area (Å²) in [7, 11) is 0. The summed E-state index contributed by atoms with van der Waals surface area (Å²) in [6.45, 7) is 0.490. The fraction of sp³-hybridized carbons (Fsp3) is 0.100. The van der Waals surface area contributed by atoms with Crippen molar-refractivity contribution >= 4 is 39.0 Å². The first-order chi connectivity index (χ1) is 12.2. The van der Waals surface area contributed by atoms with Crippen molar-refractivity contribution < 1.29 is 4.79 Å². The Balaban J connectivity index is 1.70. The third-order valence-electron chi connectivity index (χ3n) is 3.75. The van der Waals surface area contributed by atoms with Crippen LogP contribution in [-0.4, -0.2) is 16.7 Å². The van der Waals surface area contributed by atoms with E-state index in [0.717, 1.165) is 26.5 Å². The van der Waals surface area contributed by atoms with Crippen LogP contribution in [-0.2, 0) is 17.8 Å². The Kier molecular flexibility index (Phi) is 5.32. The van der Waals surface area contributed by atoms with Crippen LogP contribution in [0.2, 0.25) is 0 Å². The van der Waals surface area contributed by atoms with E-state index < -0.39 is 0 Å². The van der Waals surface area contributed by atoms with E-state index in [9.17, 15) is 4.79 Å². The molecule has 0 saturated carbocycles. The molecule has 0 aliphatic rings. The average molecular weight is 394 g/mol. The number of nitrogens with zero attached hydrogens (tertiary/aromatic N) is 2. The molecular weight excluding hydrogens is 378 g/mol. The Labute approximate surface area is 154 Å². The molecule has 0 unspecified atom stereocenters. The highest BCUT2D eigenvalue weighted by Gasteiger charge is 2.06. The fourth-order valence-corrected chi connectivity index (χ4v) is 2.87.